The van der Waals surface area contributed by atoms with Gasteiger partial charge < -0.3 is 9.84 Å². The van der Waals surface area contributed by atoms with Crippen LogP contribution in [0.2, 0.25) is 5.02 Å². The normalized spacial score (nSPS) is 13.3. The molecule has 2 unspecified atom stereocenters. The summed E-state index contributed by atoms with van der Waals surface area (Å²) in [7, 11) is -1.55. The fourth-order valence-electron chi connectivity index (χ4n) is 5.20. The Kier molecular flexibility index (Phi) is 11.6. The minimum atomic E-state index is -4.58. The standard InChI is InChI=1S/C34H34ClF4NO3S/c1-23(41)32-30(36)19-27(20-31(32)44(2)42)43-18-10-17-40(21-26-15-9-16-29(33(26)35)34(37,38)39)22-28(24-11-5-3-6-12-24)25-13-7-4-8-14-25/h3-9,11-16,19-20,23,28,41H,10,17-18,21-22H2,1-2H3. The Hall–Kier alpha value is -3.24. The molecular formula is C34H34ClF4NO3S. The second-order valence-corrected chi connectivity index (χ2v) is 12.3. The molecule has 4 nitrogen and oxygen atoms in total. The third-order valence-electron chi connectivity index (χ3n) is 7.30. The van der Waals surface area contributed by atoms with Crippen molar-refractivity contribution >= 4 is 22.4 Å². The lowest BCUT2D eigenvalue weighted by Gasteiger charge is -2.29. The van der Waals surface area contributed by atoms with Crippen LogP contribution in [0, 0.1) is 5.82 Å². The first kappa shape index (κ1) is 33.6. The van der Waals surface area contributed by atoms with Crippen molar-refractivity contribution in [1.82, 2.24) is 4.90 Å². The average Bonchev–Trinajstić information content (AvgIpc) is 2.98. The highest BCUT2D eigenvalue weighted by Crippen LogP contribution is 2.37. The lowest BCUT2D eigenvalue weighted by atomic mass is 9.90. The van der Waals surface area contributed by atoms with E-state index < -0.39 is 34.5 Å². The van der Waals surface area contributed by atoms with E-state index in [1.807, 2.05) is 65.6 Å². The van der Waals surface area contributed by atoms with Crippen molar-refractivity contribution in [3.63, 3.8) is 0 Å². The second-order valence-electron chi connectivity index (χ2n) is 10.5. The summed E-state index contributed by atoms with van der Waals surface area (Å²) in [6.45, 7) is 2.65. The van der Waals surface area contributed by atoms with Gasteiger partial charge in [-0.1, -0.05) is 84.4 Å². The van der Waals surface area contributed by atoms with Crippen LogP contribution in [0.4, 0.5) is 17.6 Å². The lowest BCUT2D eigenvalue weighted by molar-refractivity contribution is -0.137. The van der Waals surface area contributed by atoms with Crippen molar-refractivity contribution in [3.8, 4) is 5.75 Å². The van der Waals surface area contributed by atoms with E-state index in [0.717, 1.165) is 23.3 Å². The molecule has 4 rings (SSSR count). The Morgan fingerprint density at radius 2 is 1.57 bits per heavy atom. The van der Waals surface area contributed by atoms with E-state index >= 15 is 0 Å². The molecule has 4 aromatic rings. The summed E-state index contributed by atoms with van der Waals surface area (Å²) >= 11 is 6.29. The van der Waals surface area contributed by atoms with Crippen LogP contribution in [-0.2, 0) is 23.5 Å². The largest absolute Gasteiger partial charge is 0.493 e. The van der Waals surface area contributed by atoms with Gasteiger partial charge in [0.1, 0.15) is 11.6 Å². The van der Waals surface area contributed by atoms with E-state index in [1.54, 1.807) is 6.07 Å². The molecule has 44 heavy (non-hydrogen) atoms. The monoisotopic (exact) mass is 647 g/mol. The Bertz CT molecular complexity index is 1510. The topological polar surface area (TPSA) is 49.8 Å². The first-order valence-corrected chi connectivity index (χ1v) is 16.0. The Morgan fingerprint density at radius 1 is 0.955 bits per heavy atom. The van der Waals surface area contributed by atoms with Crippen LogP contribution < -0.4 is 4.74 Å². The van der Waals surface area contributed by atoms with Crippen molar-refractivity contribution in [1.29, 1.82) is 0 Å². The van der Waals surface area contributed by atoms with E-state index in [4.69, 9.17) is 16.3 Å². The molecule has 0 aliphatic heterocycles. The number of benzene rings is 4. The average molecular weight is 648 g/mol. The van der Waals surface area contributed by atoms with Crippen molar-refractivity contribution < 1.29 is 31.6 Å². The van der Waals surface area contributed by atoms with E-state index in [-0.39, 0.29) is 40.3 Å². The molecule has 0 aliphatic rings. The molecule has 0 bridgehead atoms. The van der Waals surface area contributed by atoms with Gasteiger partial charge in [0.15, 0.2) is 0 Å². The van der Waals surface area contributed by atoms with Crippen LogP contribution in [0.1, 0.15) is 53.2 Å². The molecule has 0 aromatic heterocycles. The maximum atomic E-state index is 14.7. The molecule has 0 amide bonds. The number of alkyl halides is 3. The quantitative estimate of drug-likeness (QED) is 0.117. The van der Waals surface area contributed by atoms with E-state index in [0.29, 0.717) is 25.1 Å². The Labute approximate surface area is 262 Å². The van der Waals surface area contributed by atoms with Gasteiger partial charge in [-0.3, -0.25) is 9.11 Å². The summed E-state index contributed by atoms with van der Waals surface area (Å²) in [6.07, 6.45) is -3.86. The summed E-state index contributed by atoms with van der Waals surface area (Å²) in [5.41, 5.74) is 1.56. The number of hydrogen-bond donors (Lipinski definition) is 1. The van der Waals surface area contributed by atoms with E-state index in [2.05, 4.69) is 0 Å². The zero-order chi connectivity index (χ0) is 31.9. The number of hydrogen-bond acceptors (Lipinski definition) is 4. The maximum Gasteiger partial charge on any atom is 0.417 e. The number of ether oxygens (including phenoxy) is 1. The molecule has 0 radical (unpaired) electrons. The molecule has 1 N–H and O–H groups in total. The van der Waals surface area contributed by atoms with Crippen LogP contribution in [-0.4, -0.2) is 40.2 Å². The van der Waals surface area contributed by atoms with Crippen LogP contribution >= 0.6 is 11.6 Å². The fourth-order valence-corrected chi connectivity index (χ4v) is 6.36. The number of halogens is 5. The summed E-state index contributed by atoms with van der Waals surface area (Å²) in [6, 6.07) is 26.3. The molecule has 0 heterocycles. The van der Waals surface area contributed by atoms with Gasteiger partial charge in [0.25, 0.3) is 0 Å². The predicted octanol–water partition coefficient (Wildman–Crippen LogP) is 8.39. The van der Waals surface area contributed by atoms with Crippen molar-refractivity contribution in [2.45, 2.75) is 43.0 Å². The molecule has 0 spiro atoms. The predicted molar refractivity (Wildman–Crippen MR) is 166 cm³/mol. The van der Waals surface area contributed by atoms with Crippen molar-refractivity contribution in [3.05, 3.63) is 130 Å². The smallest absolute Gasteiger partial charge is 0.417 e. The molecular weight excluding hydrogens is 614 g/mol. The molecule has 0 saturated carbocycles. The Morgan fingerprint density at radius 3 is 2.11 bits per heavy atom. The Balaban J connectivity index is 1.58. The van der Waals surface area contributed by atoms with Crippen LogP contribution in [0.25, 0.3) is 0 Å². The van der Waals surface area contributed by atoms with Crippen molar-refractivity contribution in [2.75, 3.05) is 26.0 Å². The number of aliphatic hydroxyl groups is 1. The van der Waals surface area contributed by atoms with Crippen LogP contribution in [0.15, 0.2) is 95.9 Å². The minimum absolute atomic E-state index is 0.0322. The third kappa shape index (κ3) is 8.69. The molecule has 4 aromatic carbocycles. The van der Waals surface area contributed by atoms with Gasteiger partial charge in [0.05, 0.1) is 39.0 Å². The zero-order valence-corrected chi connectivity index (χ0v) is 25.9. The summed E-state index contributed by atoms with van der Waals surface area (Å²) in [4.78, 5) is 2.20. The third-order valence-corrected chi connectivity index (χ3v) is 8.71. The summed E-state index contributed by atoms with van der Waals surface area (Å²) < 4.78 is 73.7. The van der Waals surface area contributed by atoms with Gasteiger partial charge in [-0.2, -0.15) is 13.2 Å². The summed E-state index contributed by atoms with van der Waals surface area (Å²) in [5.74, 6) is -0.611. The molecule has 0 saturated heterocycles. The highest BCUT2D eigenvalue weighted by Gasteiger charge is 2.34. The minimum Gasteiger partial charge on any atom is -0.493 e. The number of aliphatic hydroxyl groups excluding tert-OH is 1. The number of rotatable bonds is 13. The van der Waals surface area contributed by atoms with Crippen molar-refractivity contribution in [2.24, 2.45) is 0 Å². The second kappa shape index (κ2) is 15.2. The first-order chi connectivity index (χ1) is 21.0. The molecule has 0 aliphatic carbocycles. The van der Waals surface area contributed by atoms with E-state index in [1.165, 1.54) is 25.3 Å². The van der Waals surface area contributed by atoms with Gasteiger partial charge in [0.2, 0.25) is 0 Å². The highest BCUT2D eigenvalue weighted by atomic mass is 35.5. The lowest BCUT2D eigenvalue weighted by Crippen LogP contribution is -2.31. The molecule has 2 atom stereocenters. The van der Waals surface area contributed by atoms with Gasteiger partial charge in [-0.05, 0) is 42.2 Å². The highest BCUT2D eigenvalue weighted by molar-refractivity contribution is 7.84. The molecule has 10 heteroatoms. The van der Waals surface area contributed by atoms with Gasteiger partial charge in [0, 0.05) is 43.4 Å². The maximum absolute atomic E-state index is 14.7. The SMILES string of the molecule is CC(O)c1c(F)cc(OCCCN(Cc2cccc(C(F)(F)F)c2Cl)CC(c2ccccc2)c2ccccc2)cc1S(C)=O. The van der Waals surface area contributed by atoms with Gasteiger partial charge in [-0.25, -0.2) is 4.39 Å². The number of nitrogens with zero attached hydrogens (tertiary/aromatic N) is 1. The van der Waals surface area contributed by atoms with Crippen LogP contribution in [0.3, 0.4) is 0 Å². The van der Waals surface area contributed by atoms with Crippen LogP contribution in [0.5, 0.6) is 5.75 Å². The molecule has 234 valence electrons. The molecule has 0 fully saturated rings. The van der Waals surface area contributed by atoms with E-state index in [9.17, 15) is 26.9 Å². The fraction of sp³-hybridized carbons (Fsp3) is 0.294. The summed E-state index contributed by atoms with van der Waals surface area (Å²) in [5, 5.41) is 9.62. The van der Waals surface area contributed by atoms with Gasteiger partial charge >= 0.3 is 6.18 Å². The van der Waals surface area contributed by atoms with Gasteiger partial charge in [-0.15, -0.1) is 0 Å². The first-order valence-electron chi connectivity index (χ1n) is 14.1. The zero-order valence-electron chi connectivity index (χ0n) is 24.4.